The van der Waals surface area contributed by atoms with Gasteiger partial charge in [-0.3, -0.25) is 0 Å². The number of rotatable bonds is 3. The Morgan fingerprint density at radius 1 is 1.11 bits per heavy atom. The van der Waals surface area contributed by atoms with Gasteiger partial charge in [0.25, 0.3) is 0 Å². The third-order valence-electron chi connectivity index (χ3n) is 3.05. The zero-order valence-electron chi connectivity index (χ0n) is 10.4. The van der Waals surface area contributed by atoms with Gasteiger partial charge >= 0.3 is 10.2 Å². The molecule has 0 amide bonds. The lowest BCUT2D eigenvalue weighted by Crippen LogP contribution is -2.54. The molecule has 2 rings (SSSR count). The molecular weight excluding hydrogens is 252 g/mol. The number of anilines is 1. The van der Waals surface area contributed by atoms with E-state index in [1.54, 1.807) is 24.3 Å². The van der Waals surface area contributed by atoms with Gasteiger partial charge in [-0.2, -0.15) is 17.1 Å². The van der Waals surface area contributed by atoms with Gasteiger partial charge < -0.3 is 4.90 Å². The molecule has 0 saturated carbocycles. The van der Waals surface area contributed by atoms with E-state index in [4.69, 9.17) is 5.84 Å². The van der Waals surface area contributed by atoms with Crippen molar-refractivity contribution in [3.63, 3.8) is 0 Å². The Morgan fingerprint density at radius 2 is 1.67 bits per heavy atom. The van der Waals surface area contributed by atoms with Gasteiger partial charge in [0, 0.05) is 26.2 Å². The Bertz CT molecular complexity index is 483. The van der Waals surface area contributed by atoms with Gasteiger partial charge in [0.2, 0.25) is 0 Å². The third-order valence-corrected chi connectivity index (χ3v) is 4.77. The van der Waals surface area contributed by atoms with Gasteiger partial charge in [-0.1, -0.05) is 18.2 Å². The summed E-state index contributed by atoms with van der Waals surface area (Å²) < 4.78 is 26.9. The van der Waals surface area contributed by atoms with E-state index in [-0.39, 0.29) is 0 Å². The quantitative estimate of drug-likeness (QED) is 0.613. The number of nitrogens with two attached hydrogens (primary N) is 1. The van der Waals surface area contributed by atoms with Crippen molar-refractivity contribution in [3.05, 3.63) is 30.3 Å². The minimum atomic E-state index is -3.62. The fourth-order valence-electron chi connectivity index (χ4n) is 1.85. The van der Waals surface area contributed by atoms with Gasteiger partial charge in [-0.25, -0.2) is 5.84 Å². The summed E-state index contributed by atoms with van der Waals surface area (Å²) in [4.78, 5) is 2.09. The SMILES string of the molecule is CN1CCN(S(=O)(=O)N(N)c2ccccc2)CC1. The van der Waals surface area contributed by atoms with Crippen LogP contribution in [-0.4, -0.2) is 50.8 Å². The maximum atomic E-state index is 12.3. The standard InChI is InChI=1S/C11H18N4O2S/c1-13-7-9-14(10-8-13)18(16,17)15(12)11-5-3-2-4-6-11/h2-6H,7-10,12H2,1H3. The summed E-state index contributed by atoms with van der Waals surface area (Å²) in [6.07, 6.45) is 0. The molecule has 6 nitrogen and oxygen atoms in total. The van der Waals surface area contributed by atoms with Crippen LogP contribution in [0.5, 0.6) is 0 Å². The van der Waals surface area contributed by atoms with Crippen molar-refractivity contribution in [2.75, 3.05) is 37.6 Å². The van der Waals surface area contributed by atoms with Crippen molar-refractivity contribution in [2.24, 2.45) is 5.84 Å². The lowest BCUT2D eigenvalue weighted by atomic mass is 10.3. The van der Waals surface area contributed by atoms with Gasteiger partial charge in [-0.15, -0.1) is 0 Å². The number of likely N-dealkylation sites (N-methyl/N-ethyl adjacent to an activating group) is 1. The van der Waals surface area contributed by atoms with Gasteiger partial charge in [-0.05, 0) is 19.2 Å². The molecule has 0 aliphatic carbocycles. The van der Waals surface area contributed by atoms with Crippen molar-refractivity contribution < 1.29 is 8.42 Å². The van der Waals surface area contributed by atoms with Crippen LogP contribution in [0.3, 0.4) is 0 Å². The molecule has 0 bridgehead atoms. The van der Waals surface area contributed by atoms with Crippen molar-refractivity contribution in [3.8, 4) is 0 Å². The van der Waals surface area contributed by atoms with E-state index in [0.29, 0.717) is 18.8 Å². The van der Waals surface area contributed by atoms with Gasteiger partial charge in [0.15, 0.2) is 0 Å². The highest BCUT2D eigenvalue weighted by molar-refractivity contribution is 7.90. The summed E-state index contributed by atoms with van der Waals surface area (Å²) in [6, 6.07) is 8.68. The van der Waals surface area contributed by atoms with Crippen LogP contribution in [0.2, 0.25) is 0 Å². The Labute approximate surface area is 108 Å². The Balaban J connectivity index is 2.16. The number of benzene rings is 1. The number of nitrogens with zero attached hydrogens (tertiary/aromatic N) is 3. The zero-order chi connectivity index (χ0) is 13.2. The van der Waals surface area contributed by atoms with E-state index in [9.17, 15) is 8.42 Å². The predicted octanol–water partition coefficient (Wildman–Crippen LogP) is -0.141. The second kappa shape index (κ2) is 5.23. The van der Waals surface area contributed by atoms with Crippen LogP contribution in [-0.2, 0) is 10.2 Å². The summed E-state index contributed by atoms with van der Waals surface area (Å²) in [7, 11) is -1.65. The lowest BCUT2D eigenvalue weighted by molar-refractivity contribution is 0.222. The van der Waals surface area contributed by atoms with Crippen molar-refractivity contribution in [1.29, 1.82) is 0 Å². The number of hydrazine groups is 1. The summed E-state index contributed by atoms with van der Waals surface area (Å²) in [5.74, 6) is 5.73. The highest BCUT2D eigenvalue weighted by Crippen LogP contribution is 2.17. The molecule has 2 N–H and O–H groups in total. The average Bonchev–Trinajstić information content (AvgIpc) is 2.39. The molecule has 1 aliphatic rings. The molecule has 0 radical (unpaired) electrons. The first kappa shape index (κ1) is 13.3. The highest BCUT2D eigenvalue weighted by Gasteiger charge is 2.30. The molecule has 18 heavy (non-hydrogen) atoms. The second-order valence-corrected chi connectivity index (χ2v) is 6.15. The minimum Gasteiger partial charge on any atom is -0.304 e. The monoisotopic (exact) mass is 270 g/mol. The fraction of sp³-hybridized carbons (Fsp3) is 0.455. The first-order valence-electron chi connectivity index (χ1n) is 5.80. The van der Waals surface area contributed by atoms with Crippen LogP contribution in [0.15, 0.2) is 30.3 Å². The van der Waals surface area contributed by atoms with Crippen LogP contribution in [0.1, 0.15) is 0 Å². The third kappa shape index (κ3) is 2.64. The highest BCUT2D eigenvalue weighted by atomic mass is 32.2. The van der Waals surface area contributed by atoms with Crippen LogP contribution in [0, 0.1) is 0 Å². The number of hydrogen-bond donors (Lipinski definition) is 1. The molecule has 1 aliphatic heterocycles. The second-order valence-electron chi connectivity index (χ2n) is 4.34. The molecule has 1 heterocycles. The van der Waals surface area contributed by atoms with E-state index in [1.807, 2.05) is 13.1 Å². The molecule has 7 heteroatoms. The number of hydrogen-bond acceptors (Lipinski definition) is 4. The fourth-order valence-corrected chi connectivity index (χ4v) is 3.11. The van der Waals surface area contributed by atoms with Crippen LogP contribution in [0.25, 0.3) is 0 Å². The largest absolute Gasteiger partial charge is 0.317 e. The van der Waals surface area contributed by atoms with E-state index in [2.05, 4.69) is 4.90 Å². The maximum Gasteiger partial charge on any atom is 0.317 e. The molecule has 1 aromatic rings. The van der Waals surface area contributed by atoms with Crippen molar-refractivity contribution in [1.82, 2.24) is 9.21 Å². The molecular formula is C11H18N4O2S. The summed E-state index contributed by atoms with van der Waals surface area (Å²) >= 11 is 0. The molecule has 1 saturated heterocycles. The van der Waals surface area contributed by atoms with Gasteiger partial charge in [0.1, 0.15) is 0 Å². The van der Waals surface area contributed by atoms with Crippen LogP contribution in [0.4, 0.5) is 5.69 Å². The van der Waals surface area contributed by atoms with Crippen molar-refractivity contribution >= 4 is 15.9 Å². The van der Waals surface area contributed by atoms with E-state index < -0.39 is 10.2 Å². The Hall–Kier alpha value is -1.15. The lowest BCUT2D eigenvalue weighted by Gasteiger charge is -2.34. The smallest absolute Gasteiger partial charge is 0.304 e. The van der Waals surface area contributed by atoms with Crippen LogP contribution >= 0.6 is 0 Å². The molecule has 0 unspecified atom stereocenters. The average molecular weight is 270 g/mol. The van der Waals surface area contributed by atoms with E-state index in [0.717, 1.165) is 17.5 Å². The summed E-state index contributed by atoms with van der Waals surface area (Å²) in [5, 5.41) is 0. The molecule has 0 spiro atoms. The topological polar surface area (TPSA) is 69.9 Å². The van der Waals surface area contributed by atoms with E-state index >= 15 is 0 Å². The molecule has 0 atom stereocenters. The normalized spacial score (nSPS) is 18.8. The molecule has 0 aromatic heterocycles. The molecule has 1 aromatic carbocycles. The Morgan fingerprint density at radius 3 is 2.22 bits per heavy atom. The first-order chi connectivity index (χ1) is 8.51. The zero-order valence-corrected chi connectivity index (χ0v) is 11.2. The first-order valence-corrected chi connectivity index (χ1v) is 7.20. The molecule has 100 valence electrons. The Kier molecular flexibility index (Phi) is 3.86. The predicted molar refractivity (Wildman–Crippen MR) is 71.1 cm³/mol. The van der Waals surface area contributed by atoms with Crippen molar-refractivity contribution in [2.45, 2.75) is 0 Å². The van der Waals surface area contributed by atoms with E-state index in [1.165, 1.54) is 4.31 Å². The maximum absolute atomic E-state index is 12.3. The number of piperazine rings is 1. The summed E-state index contributed by atoms with van der Waals surface area (Å²) in [6.45, 7) is 2.39. The van der Waals surface area contributed by atoms with Gasteiger partial charge in [0.05, 0.1) is 5.69 Å². The molecule has 1 fully saturated rings. The minimum absolute atomic E-state index is 0.469. The summed E-state index contributed by atoms with van der Waals surface area (Å²) in [5.41, 5.74) is 0.469. The van der Waals surface area contributed by atoms with Crippen LogP contribution < -0.4 is 10.3 Å². The number of para-hydroxylation sites is 1.